The zero-order chi connectivity index (χ0) is 5.86. The summed E-state index contributed by atoms with van der Waals surface area (Å²) in [5.41, 5.74) is 1.31. The van der Waals surface area contributed by atoms with Gasteiger partial charge in [-0.15, -0.1) is 0 Å². The molecule has 0 saturated carbocycles. The Morgan fingerprint density at radius 1 is 2.00 bits per heavy atom. The van der Waals surface area contributed by atoms with Crippen LogP contribution in [0.5, 0.6) is 0 Å². The minimum absolute atomic E-state index is 0.986. The highest BCUT2D eigenvalue weighted by Crippen LogP contribution is 1.75. The van der Waals surface area contributed by atoms with E-state index in [9.17, 15) is 10.0 Å². The van der Waals surface area contributed by atoms with E-state index < -0.39 is 12.0 Å². The molecule has 0 saturated heterocycles. The summed E-state index contributed by atoms with van der Waals surface area (Å²) in [5.74, 6) is -1.13. The topological polar surface area (TPSA) is 72.4 Å². The maximum atomic E-state index is 9.67. The first-order valence-electron chi connectivity index (χ1n) is 1.79. The molecule has 0 unspecified atom stereocenters. The van der Waals surface area contributed by atoms with Gasteiger partial charge in [0.2, 0.25) is 0 Å². The molecule has 2 N–H and O–H groups in total. The number of aliphatic carboxylic acids is 1. The molecule has 0 aromatic carbocycles. The molecule has 0 spiro atoms. The highest BCUT2D eigenvalue weighted by molar-refractivity contribution is 5.72. The molecule has 7 heavy (non-hydrogen) atoms. The highest BCUT2D eigenvalue weighted by Gasteiger charge is 2.01. The Morgan fingerprint density at radius 3 is 2.43 bits per heavy atom. The monoisotopic (exact) mass is 104 g/mol. The number of hydroxylamine groups is 1. The number of hydrogen-bond acceptors (Lipinski definition) is 3. The Bertz CT molecular complexity index is 72.6. The lowest BCUT2D eigenvalue weighted by Gasteiger charge is -2.10. The summed E-state index contributed by atoms with van der Waals surface area (Å²) in [5, 5.41) is 17.4. The van der Waals surface area contributed by atoms with E-state index in [0.29, 0.717) is 0 Å². The average Bonchev–Trinajstić information content (AvgIpc) is 1.65. The zero-order valence-electron chi connectivity index (χ0n) is 3.84. The van der Waals surface area contributed by atoms with Gasteiger partial charge in [-0.3, -0.25) is 4.79 Å². The maximum absolute atomic E-state index is 9.67. The van der Waals surface area contributed by atoms with E-state index >= 15 is 0 Å². The van der Waals surface area contributed by atoms with Gasteiger partial charge in [0.05, 0.1) is 6.04 Å². The molecule has 0 radical (unpaired) electrons. The summed E-state index contributed by atoms with van der Waals surface area (Å²) in [6.07, 6.45) is 0. The van der Waals surface area contributed by atoms with Crippen molar-refractivity contribution in [2.24, 2.45) is 0 Å². The number of nitrogens with one attached hydrogen (secondary N) is 1. The van der Waals surface area contributed by atoms with Gasteiger partial charge in [0.1, 0.15) is 0 Å². The fourth-order valence-corrected chi connectivity index (χ4v) is 0.0504. The van der Waals surface area contributed by atoms with Gasteiger partial charge in [0, 0.05) is 0 Å². The third-order valence-corrected chi connectivity index (χ3v) is 0.547. The predicted molar refractivity (Wildman–Crippen MR) is 23.6 cm³/mol. The van der Waals surface area contributed by atoms with E-state index in [1.807, 2.05) is 0 Å². The summed E-state index contributed by atoms with van der Waals surface area (Å²) in [7, 11) is 0. The summed E-state index contributed by atoms with van der Waals surface area (Å²) < 4.78 is 0. The third-order valence-electron chi connectivity index (χ3n) is 0.547. The number of hydrogen-bond donors (Lipinski definition) is 2. The van der Waals surface area contributed by atoms with E-state index in [-0.39, 0.29) is 0 Å². The van der Waals surface area contributed by atoms with E-state index in [1.165, 1.54) is 12.4 Å². The van der Waals surface area contributed by atoms with Crippen molar-refractivity contribution >= 4 is 5.97 Å². The fraction of sp³-hybridized carbons (Fsp3) is 0.667. The highest BCUT2D eigenvalue weighted by atomic mass is 16.5. The lowest BCUT2D eigenvalue weighted by molar-refractivity contribution is -0.138. The van der Waals surface area contributed by atoms with Gasteiger partial charge >= 0.3 is 5.97 Å². The summed E-state index contributed by atoms with van der Waals surface area (Å²) in [6.45, 7) is 1.27. The molecule has 0 aromatic rings. The smallest absolute Gasteiger partial charge is 0.319 e. The van der Waals surface area contributed by atoms with Crippen molar-refractivity contribution in [2.75, 3.05) is 0 Å². The third kappa shape index (κ3) is 2.13. The molecule has 1 atom stereocenters. The van der Waals surface area contributed by atoms with Gasteiger partial charge in [0.15, 0.2) is 0 Å². The van der Waals surface area contributed by atoms with Crippen molar-refractivity contribution in [3.8, 4) is 0 Å². The number of carboxylic acid groups (broad SMARTS) is 1. The summed E-state index contributed by atoms with van der Waals surface area (Å²) in [4.78, 5) is 9.67. The first-order chi connectivity index (χ1) is 3.18. The van der Waals surface area contributed by atoms with Gasteiger partial charge < -0.3 is 15.8 Å². The first-order valence-corrected chi connectivity index (χ1v) is 1.79. The molecule has 0 aliphatic carbocycles. The second-order valence-corrected chi connectivity index (χ2v) is 1.18. The fourth-order valence-electron chi connectivity index (χ4n) is 0.0504. The van der Waals surface area contributed by atoms with Gasteiger partial charge in [-0.25, -0.2) is 0 Å². The molecular formula is C3H6NO3-. The van der Waals surface area contributed by atoms with Gasteiger partial charge in [-0.2, -0.15) is 0 Å². The minimum Gasteiger partial charge on any atom is -0.787 e. The molecule has 4 heteroatoms. The maximum Gasteiger partial charge on any atom is 0.319 e. The van der Waals surface area contributed by atoms with Gasteiger partial charge in [-0.1, -0.05) is 0 Å². The molecule has 0 heterocycles. The average molecular weight is 104 g/mol. The molecule has 0 bridgehead atoms. The van der Waals surface area contributed by atoms with Gasteiger partial charge in [0.25, 0.3) is 0 Å². The van der Waals surface area contributed by atoms with Crippen LogP contribution in [0.3, 0.4) is 0 Å². The van der Waals surface area contributed by atoms with Crippen LogP contribution < -0.4 is 5.48 Å². The van der Waals surface area contributed by atoms with Crippen LogP contribution in [0.1, 0.15) is 6.92 Å². The van der Waals surface area contributed by atoms with Crippen molar-refractivity contribution < 1.29 is 9.90 Å². The molecule has 0 amide bonds. The summed E-state index contributed by atoms with van der Waals surface area (Å²) >= 11 is 0. The van der Waals surface area contributed by atoms with Crippen molar-refractivity contribution in [1.29, 1.82) is 0 Å². The van der Waals surface area contributed by atoms with Crippen LogP contribution in [-0.2, 0) is 4.79 Å². The zero-order valence-corrected chi connectivity index (χ0v) is 3.84. The van der Waals surface area contributed by atoms with Crippen molar-refractivity contribution in [1.82, 2.24) is 5.48 Å². The van der Waals surface area contributed by atoms with Crippen LogP contribution in [0.25, 0.3) is 0 Å². The Balaban J connectivity index is 3.34. The van der Waals surface area contributed by atoms with Crippen LogP contribution in [0.2, 0.25) is 0 Å². The second-order valence-electron chi connectivity index (χ2n) is 1.18. The molecule has 4 nitrogen and oxygen atoms in total. The van der Waals surface area contributed by atoms with Crippen molar-refractivity contribution in [2.45, 2.75) is 13.0 Å². The van der Waals surface area contributed by atoms with Crippen molar-refractivity contribution in [3.05, 3.63) is 5.21 Å². The molecule has 0 fully saturated rings. The molecular weight excluding hydrogens is 98.0 g/mol. The quantitative estimate of drug-likeness (QED) is 0.465. The Labute approximate surface area is 40.7 Å². The van der Waals surface area contributed by atoms with E-state index in [2.05, 4.69) is 0 Å². The van der Waals surface area contributed by atoms with Crippen LogP contribution in [0.4, 0.5) is 0 Å². The minimum atomic E-state index is -1.13. The van der Waals surface area contributed by atoms with E-state index in [1.54, 1.807) is 0 Å². The van der Waals surface area contributed by atoms with Crippen molar-refractivity contribution in [3.63, 3.8) is 0 Å². The molecule has 0 rings (SSSR count). The number of carboxylic acids is 1. The Hall–Kier alpha value is -0.610. The Kier molecular flexibility index (Phi) is 2.32. The van der Waals surface area contributed by atoms with Crippen LogP contribution >= 0.6 is 0 Å². The molecule has 0 aromatic heterocycles. The second kappa shape index (κ2) is 2.54. The lowest BCUT2D eigenvalue weighted by atomic mass is 10.4. The standard InChI is InChI=1S/C3H6NO3/c1-2(4-7)3(5)6/h2,4H,1H3,(H,5,6)/q-1/t2-/m1/s1. The number of rotatable bonds is 2. The summed E-state index contributed by atoms with van der Waals surface area (Å²) in [6, 6.07) is -0.986. The molecule has 0 aliphatic rings. The molecule has 0 aliphatic heterocycles. The number of carbonyl (C=O) groups is 1. The predicted octanol–water partition coefficient (Wildman–Crippen LogP) is -0.453. The van der Waals surface area contributed by atoms with Crippen LogP contribution in [-0.4, -0.2) is 17.1 Å². The van der Waals surface area contributed by atoms with E-state index in [4.69, 9.17) is 5.11 Å². The largest absolute Gasteiger partial charge is 0.787 e. The van der Waals surface area contributed by atoms with E-state index in [0.717, 1.165) is 0 Å². The molecule has 42 valence electrons. The normalized spacial score (nSPS) is 13.4. The Morgan fingerprint density at radius 2 is 2.43 bits per heavy atom. The van der Waals surface area contributed by atoms with Crippen LogP contribution in [0, 0.1) is 5.21 Å². The lowest BCUT2D eigenvalue weighted by Crippen LogP contribution is -2.28. The first kappa shape index (κ1) is 6.39. The van der Waals surface area contributed by atoms with Gasteiger partial charge in [-0.05, 0) is 6.92 Å². The van der Waals surface area contributed by atoms with Crippen LogP contribution in [0.15, 0.2) is 0 Å². The SMILES string of the molecule is C[C@@H](N[O-])C(=O)O.